The summed E-state index contributed by atoms with van der Waals surface area (Å²) >= 11 is 0. The van der Waals surface area contributed by atoms with E-state index >= 15 is 0 Å². The quantitative estimate of drug-likeness (QED) is 0.680. The first-order chi connectivity index (χ1) is 6.15. The summed E-state index contributed by atoms with van der Waals surface area (Å²) in [6.45, 7) is 8.09. The lowest BCUT2D eigenvalue weighted by Gasteiger charge is -2.12. The fourth-order valence-electron chi connectivity index (χ4n) is 1.77. The van der Waals surface area contributed by atoms with Crippen LogP contribution in [0.2, 0.25) is 0 Å². The molecule has 0 aromatic carbocycles. The molecular formula is C10H20N2O. The Balaban J connectivity index is 2.36. The largest absolute Gasteiger partial charge is 0.355 e. The molecule has 76 valence electrons. The predicted octanol–water partition coefficient (Wildman–Crippen LogP) is 0.757. The summed E-state index contributed by atoms with van der Waals surface area (Å²) in [6.07, 6.45) is 0.990. The van der Waals surface area contributed by atoms with E-state index in [1.165, 1.54) is 0 Å². The minimum atomic E-state index is 0.0485. The molecule has 0 unspecified atom stereocenters. The number of likely N-dealkylation sites (N-methyl/N-ethyl adjacent to an activating group) is 1. The first-order valence-corrected chi connectivity index (χ1v) is 5.16. The Morgan fingerprint density at radius 1 is 1.62 bits per heavy atom. The van der Waals surface area contributed by atoms with Crippen molar-refractivity contribution in [2.45, 2.75) is 33.2 Å². The van der Waals surface area contributed by atoms with Gasteiger partial charge in [-0.25, -0.2) is 0 Å². The van der Waals surface area contributed by atoms with E-state index in [1.54, 1.807) is 0 Å². The van der Waals surface area contributed by atoms with Gasteiger partial charge < -0.3 is 10.6 Å². The number of hydrogen-bond acceptors (Lipinski definition) is 2. The van der Waals surface area contributed by atoms with Crippen LogP contribution in [0.25, 0.3) is 0 Å². The van der Waals surface area contributed by atoms with E-state index < -0.39 is 0 Å². The van der Waals surface area contributed by atoms with Crippen molar-refractivity contribution in [3.8, 4) is 0 Å². The zero-order valence-electron chi connectivity index (χ0n) is 8.76. The molecule has 13 heavy (non-hydrogen) atoms. The molecule has 1 heterocycles. The van der Waals surface area contributed by atoms with Crippen LogP contribution in [0.4, 0.5) is 0 Å². The Labute approximate surface area is 80.3 Å². The Morgan fingerprint density at radius 2 is 2.31 bits per heavy atom. The Kier molecular flexibility index (Phi) is 3.72. The van der Waals surface area contributed by atoms with Crippen LogP contribution in [-0.2, 0) is 4.79 Å². The van der Waals surface area contributed by atoms with Crippen molar-refractivity contribution in [2.24, 2.45) is 11.8 Å². The highest BCUT2D eigenvalue weighted by Crippen LogP contribution is 2.21. The molecule has 2 N–H and O–H groups in total. The fourth-order valence-corrected chi connectivity index (χ4v) is 1.77. The third kappa shape index (κ3) is 2.69. The van der Waals surface area contributed by atoms with E-state index in [2.05, 4.69) is 24.5 Å². The van der Waals surface area contributed by atoms with E-state index in [4.69, 9.17) is 0 Å². The standard InChI is InChI=1S/C10H20N2O/c1-4-11-10(13)9-5-8(6-12-9)7(2)3/h7-9,12H,4-6H2,1-3H3,(H,11,13)/t8-,9+/m0/s1. The summed E-state index contributed by atoms with van der Waals surface area (Å²) in [4.78, 5) is 11.4. The normalized spacial score (nSPS) is 28.0. The van der Waals surface area contributed by atoms with Crippen LogP contribution in [0.5, 0.6) is 0 Å². The van der Waals surface area contributed by atoms with E-state index in [-0.39, 0.29) is 11.9 Å². The summed E-state index contributed by atoms with van der Waals surface area (Å²) in [5.74, 6) is 1.49. The number of nitrogens with one attached hydrogen (secondary N) is 2. The molecule has 3 nitrogen and oxygen atoms in total. The Bertz CT molecular complexity index is 180. The molecule has 0 aromatic heterocycles. The average Bonchev–Trinajstić information content (AvgIpc) is 2.52. The van der Waals surface area contributed by atoms with Crippen molar-refractivity contribution < 1.29 is 4.79 Å². The van der Waals surface area contributed by atoms with Crippen molar-refractivity contribution in [1.82, 2.24) is 10.6 Å². The van der Waals surface area contributed by atoms with Crippen LogP contribution >= 0.6 is 0 Å². The van der Waals surface area contributed by atoms with Crippen molar-refractivity contribution >= 4 is 5.91 Å². The molecule has 1 saturated heterocycles. The molecule has 0 aromatic rings. The van der Waals surface area contributed by atoms with E-state index in [9.17, 15) is 4.79 Å². The van der Waals surface area contributed by atoms with Crippen LogP contribution in [-0.4, -0.2) is 25.0 Å². The van der Waals surface area contributed by atoms with E-state index in [1.807, 2.05) is 6.92 Å². The molecule has 1 rings (SSSR count). The fraction of sp³-hybridized carbons (Fsp3) is 0.900. The molecular weight excluding hydrogens is 164 g/mol. The maximum absolute atomic E-state index is 11.4. The van der Waals surface area contributed by atoms with Gasteiger partial charge >= 0.3 is 0 Å². The van der Waals surface area contributed by atoms with Gasteiger partial charge in [0.1, 0.15) is 0 Å². The molecule has 2 atom stereocenters. The molecule has 1 amide bonds. The monoisotopic (exact) mass is 184 g/mol. The van der Waals surface area contributed by atoms with Gasteiger partial charge in [-0.05, 0) is 31.7 Å². The SMILES string of the molecule is CCNC(=O)[C@H]1C[C@H](C(C)C)CN1. The predicted molar refractivity (Wildman–Crippen MR) is 53.4 cm³/mol. The molecule has 1 aliphatic heterocycles. The third-order valence-corrected chi connectivity index (χ3v) is 2.78. The zero-order chi connectivity index (χ0) is 9.84. The topological polar surface area (TPSA) is 41.1 Å². The van der Waals surface area contributed by atoms with Gasteiger partial charge in [0, 0.05) is 6.54 Å². The van der Waals surface area contributed by atoms with Crippen LogP contribution in [0.1, 0.15) is 27.2 Å². The van der Waals surface area contributed by atoms with Crippen molar-refractivity contribution in [1.29, 1.82) is 0 Å². The van der Waals surface area contributed by atoms with E-state index in [0.717, 1.165) is 19.5 Å². The lowest BCUT2D eigenvalue weighted by molar-refractivity contribution is -0.122. The number of carbonyl (C=O) groups excluding carboxylic acids is 1. The highest BCUT2D eigenvalue weighted by Gasteiger charge is 2.30. The van der Waals surface area contributed by atoms with Gasteiger partial charge in [0.2, 0.25) is 5.91 Å². The van der Waals surface area contributed by atoms with Gasteiger partial charge in [0.15, 0.2) is 0 Å². The Morgan fingerprint density at radius 3 is 2.77 bits per heavy atom. The summed E-state index contributed by atoms with van der Waals surface area (Å²) in [7, 11) is 0. The lowest BCUT2D eigenvalue weighted by atomic mass is 9.93. The minimum Gasteiger partial charge on any atom is -0.355 e. The third-order valence-electron chi connectivity index (χ3n) is 2.78. The molecule has 0 spiro atoms. The second kappa shape index (κ2) is 4.61. The lowest BCUT2D eigenvalue weighted by Crippen LogP contribution is -2.40. The number of rotatable bonds is 3. The number of hydrogen-bond donors (Lipinski definition) is 2. The maximum Gasteiger partial charge on any atom is 0.237 e. The number of carbonyl (C=O) groups is 1. The van der Waals surface area contributed by atoms with Gasteiger partial charge in [0.05, 0.1) is 6.04 Å². The van der Waals surface area contributed by atoms with Crippen molar-refractivity contribution in [3.63, 3.8) is 0 Å². The summed E-state index contributed by atoms with van der Waals surface area (Å²) < 4.78 is 0. The van der Waals surface area contributed by atoms with Gasteiger partial charge in [-0.3, -0.25) is 4.79 Å². The Hall–Kier alpha value is -0.570. The first-order valence-electron chi connectivity index (χ1n) is 5.16. The van der Waals surface area contributed by atoms with Crippen LogP contribution < -0.4 is 10.6 Å². The van der Waals surface area contributed by atoms with Gasteiger partial charge in [-0.2, -0.15) is 0 Å². The van der Waals surface area contributed by atoms with Crippen LogP contribution in [0.15, 0.2) is 0 Å². The first kappa shape index (κ1) is 10.5. The number of amides is 1. The minimum absolute atomic E-state index is 0.0485. The van der Waals surface area contributed by atoms with Gasteiger partial charge in [-0.1, -0.05) is 13.8 Å². The van der Waals surface area contributed by atoms with Crippen LogP contribution in [0, 0.1) is 11.8 Å². The second-order valence-corrected chi connectivity index (χ2v) is 4.10. The molecule has 1 aliphatic rings. The van der Waals surface area contributed by atoms with Gasteiger partial charge in [-0.15, -0.1) is 0 Å². The summed E-state index contributed by atoms with van der Waals surface area (Å²) in [5, 5.41) is 6.11. The smallest absolute Gasteiger partial charge is 0.237 e. The zero-order valence-corrected chi connectivity index (χ0v) is 8.76. The molecule has 0 radical (unpaired) electrons. The van der Waals surface area contributed by atoms with Crippen molar-refractivity contribution in [2.75, 3.05) is 13.1 Å². The van der Waals surface area contributed by atoms with Crippen molar-refractivity contribution in [3.05, 3.63) is 0 Å². The average molecular weight is 184 g/mol. The molecule has 1 fully saturated rings. The highest BCUT2D eigenvalue weighted by atomic mass is 16.2. The molecule has 0 saturated carbocycles. The summed E-state index contributed by atoms with van der Waals surface area (Å²) in [6, 6.07) is 0.0485. The van der Waals surface area contributed by atoms with Crippen LogP contribution in [0.3, 0.4) is 0 Å². The van der Waals surface area contributed by atoms with E-state index in [0.29, 0.717) is 11.8 Å². The van der Waals surface area contributed by atoms with Gasteiger partial charge in [0.25, 0.3) is 0 Å². The maximum atomic E-state index is 11.4. The molecule has 0 bridgehead atoms. The molecule has 3 heteroatoms. The summed E-state index contributed by atoms with van der Waals surface area (Å²) in [5.41, 5.74) is 0. The molecule has 0 aliphatic carbocycles. The second-order valence-electron chi connectivity index (χ2n) is 4.10. The highest BCUT2D eigenvalue weighted by molar-refractivity contribution is 5.81.